The molecule has 1 saturated heterocycles. The van der Waals surface area contributed by atoms with Crippen LogP contribution in [0.15, 0.2) is 30.3 Å². The number of hydrogen-bond donors (Lipinski definition) is 2. The number of likely N-dealkylation sites (tertiary alicyclic amines) is 1. The predicted molar refractivity (Wildman–Crippen MR) is 85.8 cm³/mol. The van der Waals surface area contributed by atoms with Crippen LogP contribution in [0.3, 0.4) is 0 Å². The van der Waals surface area contributed by atoms with Gasteiger partial charge in [0.1, 0.15) is 0 Å². The van der Waals surface area contributed by atoms with E-state index in [1.165, 1.54) is 6.08 Å². The summed E-state index contributed by atoms with van der Waals surface area (Å²) in [6.07, 6.45) is 3.55. The molecule has 122 valence electrons. The fraction of sp³-hybridized carbons (Fsp3) is 0.353. The van der Waals surface area contributed by atoms with Crippen molar-refractivity contribution in [3.63, 3.8) is 0 Å². The molecule has 6 heteroatoms. The minimum atomic E-state index is -0.874. The molecule has 1 aromatic carbocycles. The molecule has 1 aromatic rings. The van der Waals surface area contributed by atoms with E-state index in [0.717, 1.165) is 5.56 Å². The second kappa shape index (κ2) is 6.64. The maximum absolute atomic E-state index is 12.1. The minimum Gasteiger partial charge on any atom is -0.481 e. The Labute approximate surface area is 134 Å². The van der Waals surface area contributed by atoms with Gasteiger partial charge < -0.3 is 15.3 Å². The molecule has 1 atom stereocenters. The molecule has 0 saturated carbocycles. The van der Waals surface area contributed by atoms with E-state index in [1.54, 1.807) is 49.2 Å². The SMILES string of the molecule is CNC(=O)c1ccc(/C=C/C(=O)N2CCC(C)(C(=O)O)C2)cc1. The number of benzene rings is 1. The number of aliphatic carboxylic acids is 1. The van der Waals surface area contributed by atoms with E-state index in [4.69, 9.17) is 0 Å². The van der Waals surface area contributed by atoms with Gasteiger partial charge in [-0.2, -0.15) is 0 Å². The molecule has 1 unspecified atom stereocenters. The summed E-state index contributed by atoms with van der Waals surface area (Å²) in [6.45, 7) is 2.33. The van der Waals surface area contributed by atoms with Crippen molar-refractivity contribution in [2.45, 2.75) is 13.3 Å². The molecule has 1 heterocycles. The van der Waals surface area contributed by atoms with Gasteiger partial charge in [-0.05, 0) is 37.1 Å². The summed E-state index contributed by atoms with van der Waals surface area (Å²) in [4.78, 5) is 36.3. The van der Waals surface area contributed by atoms with Crippen LogP contribution in [0.4, 0.5) is 0 Å². The Bertz CT molecular complexity index is 651. The Hall–Kier alpha value is -2.63. The first-order valence-electron chi connectivity index (χ1n) is 7.38. The Balaban J connectivity index is 1.99. The molecule has 0 aliphatic carbocycles. The molecule has 1 fully saturated rings. The lowest BCUT2D eigenvalue weighted by atomic mass is 9.90. The number of nitrogens with one attached hydrogen (secondary N) is 1. The first-order chi connectivity index (χ1) is 10.9. The Kier molecular flexibility index (Phi) is 4.83. The third-order valence-corrected chi connectivity index (χ3v) is 4.12. The van der Waals surface area contributed by atoms with Gasteiger partial charge in [-0.3, -0.25) is 14.4 Å². The van der Waals surface area contributed by atoms with Crippen LogP contribution in [0.25, 0.3) is 6.08 Å². The maximum atomic E-state index is 12.1. The molecule has 0 spiro atoms. The highest BCUT2D eigenvalue weighted by Gasteiger charge is 2.41. The van der Waals surface area contributed by atoms with Crippen LogP contribution in [0.2, 0.25) is 0 Å². The van der Waals surface area contributed by atoms with E-state index < -0.39 is 11.4 Å². The molecular weight excluding hydrogens is 296 g/mol. The van der Waals surface area contributed by atoms with Gasteiger partial charge >= 0.3 is 5.97 Å². The Morgan fingerprint density at radius 2 is 1.91 bits per heavy atom. The third kappa shape index (κ3) is 3.77. The summed E-state index contributed by atoms with van der Waals surface area (Å²) >= 11 is 0. The van der Waals surface area contributed by atoms with Crippen LogP contribution < -0.4 is 5.32 Å². The topological polar surface area (TPSA) is 86.7 Å². The zero-order valence-electron chi connectivity index (χ0n) is 13.2. The van der Waals surface area contributed by atoms with Gasteiger partial charge in [0.15, 0.2) is 0 Å². The zero-order chi connectivity index (χ0) is 17.0. The average molecular weight is 316 g/mol. The van der Waals surface area contributed by atoms with Gasteiger partial charge in [-0.1, -0.05) is 12.1 Å². The number of carbonyl (C=O) groups is 3. The fourth-order valence-electron chi connectivity index (χ4n) is 2.49. The number of amides is 2. The van der Waals surface area contributed by atoms with E-state index in [0.29, 0.717) is 18.5 Å². The van der Waals surface area contributed by atoms with Gasteiger partial charge in [0, 0.05) is 31.8 Å². The molecule has 2 N–H and O–H groups in total. The van der Waals surface area contributed by atoms with Crippen molar-refractivity contribution in [3.05, 3.63) is 41.5 Å². The van der Waals surface area contributed by atoms with Gasteiger partial charge in [0.2, 0.25) is 5.91 Å². The van der Waals surface area contributed by atoms with Crippen molar-refractivity contribution in [1.82, 2.24) is 10.2 Å². The van der Waals surface area contributed by atoms with Gasteiger partial charge in [0.05, 0.1) is 5.41 Å². The molecule has 6 nitrogen and oxygen atoms in total. The lowest BCUT2D eigenvalue weighted by molar-refractivity contribution is -0.147. The van der Waals surface area contributed by atoms with Gasteiger partial charge in [-0.15, -0.1) is 0 Å². The standard InChI is InChI=1S/C17H20N2O4/c1-17(16(22)23)9-10-19(11-17)14(20)8-5-12-3-6-13(7-4-12)15(21)18-2/h3-8H,9-11H2,1-2H3,(H,18,21)(H,22,23)/b8-5+. The van der Waals surface area contributed by atoms with E-state index in [2.05, 4.69) is 5.32 Å². The number of nitrogens with zero attached hydrogens (tertiary/aromatic N) is 1. The highest BCUT2D eigenvalue weighted by atomic mass is 16.4. The quantitative estimate of drug-likeness (QED) is 0.822. The maximum Gasteiger partial charge on any atom is 0.311 e. The van der Waals surface area contributed by atoms with Crippen molar-refractivity contribution in [3.8, 4) is 0 Å². The minimum absolute atomic E-state index is 0.165. The third-order valence-electron chi connectivity index (χ3n) is 4.12. The number of carbonyl (C=O) groups excluding carboxylic acids is 2. The van der Waals surface area contributed by atoms with Crippen molar-refractivity contribution >= 4 is 23.9 Å². The number of carboxylic acid groups (broad SMARTS) is 1. The smallest absolute Gasteiger partial charge is 0.311 e. The van der Waals surface area contributed by atoms with Crippen molar-refractivity contribution < 1.29 is 19.5 Å². The summed E-state index contributed by atoms with van der Waals surface area (Å²) in [5, 5.41) is 11.7. The molecule has 0 radical (unpaired) electrons. The van der Waals surface area contributed by atoms with Crippen LogP contribution in [-0.2, 0) is 9.59 Å². The molecule has 1 aliphatic rings. The van der Waals surface area contributed by atoms with Crippen LogP contribution in [-0.4, -0.2) is 47.9 Å². The van der Waals surface area contributed by atoms with E-state index in [1.807, 2.05) is 0 Å². The lowest BCUT2D eigenvalue weighted by Gasteiger charge is -2.18. The summed E-state index contributed by atoms with van der Waals surface area (Å²) in [5.41, 5.74) is 0.484. The van der Waals surface area contributed by atoms with Crippen molar-refractivity contribution in [2.24, 2.45) is 5.41 Å². The molecular formula is C17H20N2O4. The van der Waals surface area contributed by atoms with Gasteiger partial charge in [0.25, 0.3) is 5.91 Å². The Morgan fingerprint density at radius 1 is 1.26 bits per heavy atom. The largest absolute Gasteiger partial charge is 0.481 e. The lowest BCUT2D eigenvalue weighted by Crippen LogP contribution is -2.34. The first-order valence-corrected chi connectivity index (χ1v) is 7.38. The molecule has 23 heavy (non-hydrogen) atoms. The van der Waals surface area contributed by atoms with Crippen molar-refractivity contribution in [2.75, 3.05) is 20.1 Å². The molecule has 0 bridgehead atoms. The van der Waals surface area contributed by atoms with Crippen LogP contribution in [0, 0.1) is 5.41 Å². The first kappa shape index (κ1) is 16.7. The van der Waals surface area contributed by atoms with Gasteiger partial charge in [-0.25, -0.2) is 0 Å². The summed E-state index contributed by atoms with van der Waals surface area (Å²) in [6, 6.07) is 6.86. The fourth-order valence-corrected chi connectivity index (χ4v) is 2.49. The second-order valence-electron chi connectivity index (χ2n) is 5.91. The highest BCUT2D eigenvalue weighted by Crippen LogP contribution is 2.30. The van der Waals surface area contributed by atoms with E-state index in [-0.39, 0.29) is 18.4 Å². The second-order valence-corrected chi connectivity index (χ2v) is 5.91. The van der Waals surface area contributed by atoms with Crippen LogP contribution in [0.5, 0.6) is 0 Å². The summed E-state index contributed by atoms with van der Waals surface area (Å²) in [7, 11) is 1.57. The molecule has 0 aromatic heterocycles. The Morgan fingerprint density at radius 3 is 2.43 bits per heavy atom. The predicted octanol–water partition coefficient (Wildman–Crippen LogP) is 1.38. The highest BCUT2D eigenvalue weighted by molar-refractivity contribution is 5.95. The monoisotopic (exact) mass is 316 g/mol. The van der Waals surface area contributed by atoms with E-state index >= 15 is 0 Å². The number of rotatable bonds is 4. The zero-order valence-corrected chi connectivity index (χ0v) is 13.2. The average Bonchev–Trinajstić information content (AvgIpc) is 2.96. The number of carboxylic acids is 1. The normalized spacial score (nSPS) is 20.7. The number of hydrogen-bond acceptors (Lipinski definition) is 3. The molecule has 2 rings (SSSR count). The van der Waals surface area contributed by atoms with Crippen LogP contribution in [0.1, 0.15) is 29.3 Å². The van der Waals surface area contributed by atoms with Crippen molar-refractivity contribution in [1.29, 1.82) is 0 Å². The molecule has 2 amide bonds. The van der Waals surface area contributed by atoms with E-state index in [9.17, 15) is 19.5 Å². The summed E-state index contributed by atoms with van der Waals surface area (Å²) in [5.74, 6) is -1.24. The summed E-state index contributed by atoms with van der Waals surface area (Å²) < 4.78 is 0. The molecule has 1 aliphatic heterocycles. The van der Waals surface area contributed by atoms with Crippen LogP contribution >= 0.6 is 0 Å².